The second-order valence-corrected chi connectivity index (χ2v) is 6.93. The number of nitrogens with two attached hydrogens (primary N) is 1. The second kappa shape index (κ2) is 7.38. The molecule has 1 aromatic heterocycles. The molecule has 0 radical (unpaired) electrons. The maximum Gasteiger partial charge on any atom is 0.0726 e. The molecule has 5 heteroatoms. The van der Waals surface area contributed by atoms with Gasteiger partial charge in [0.1, 0.15) is 0 Å². The van der Waals surface area contributed by atoms with Crippen molar-refractivity contribution in [2.75, 3.05) is 26.8 Å². The molecule has 0 aliphatic carbocycles. The van der Waals surface area contributed by atoms with E-state index >= 15 is 0 Å². The summed E-state index contributed by atoms with van der Waals surface area (Å²) in [4.78, 5) is 2.40. The Labute approximate surface area is 129 Å². The predicted octanol–water partition coefficient (Wildman–Crippen LogP) is 2.07. The summed E-state index contributed by atoms with van der Waals surface area (Å²) in [7, 11) is 3.71. The van der Waals surface area contributed by atoms with Gasteiger partial charge in [0.15, 0.2) is 0 Å². The van der Waals surface area contributed by atoms with Crippen LogP contribution >= 0.6 is 0 Å². The molecule has 0 aliphatic rings. The van der Waals surface area contributed by atoms with Gasteiger partial charge in [0, 0.05) is 50.5 Å². The topological polar surface area (TPSA) is 56.3 Å². The molecule has 0 amide bonds. The molecule has 1 aromatic rings. The summed E-state index contributed by atoms with van der Waals surface area (Å²) in [6, 6.07) is 0.574. The van der Waals surface area contributed by atoms with Crippen LogP contribution in [-0.2, 0) is 17.2 Å². The van der Waals surface area contributed by atoms with E-state index in [-0.39, 0.29) is 11.5 Å². The fourth-order valence-electron chi connectivity index (χ4n) is 2.75. The molecule has 0 spiro atoms. The van der Waals surface area contributed by atoms with Crippen molar-refractivity contribution in [1.29, 1.82) is 0 Å². The summed E-state index contributed by atoms with van der Waals surface area (Å²) in [5.41, 5.74) is 8.49. The molecule has 0 bridgehead atoms. The van der Waals surface area contributed by atoms with Gasteiger partial charge in [-0.2, -0.15) is 5.10 Å². The summed E-state index contributed by atoms with van der Waals surface area (Å²) in [5.74, 6) is 0. The molecule has 1 heterocycles. The number of aromatic nitrogens is 2. The van der Waals surface area contributed by atoms with Crippen LogP contribution in [0, 0.1) is 0 Å². The smallest absolute Gasteiger partial charge is 0.0726 e. The highest BCUT2D eigenvalue weighted by molar-refractivity contribution is 5.28. The first-order valence-electron chi connectivity index (χ1n) is 7.71. The van der Waals surface area contributed by atoms with Crippen molar-refractivity contribution >= 4 is 0 Å². The summed E-state index contributed by atoms with van der Waals surface area (Å²) in [5, 5.41) is 4.68. The van der Waals surface area contributed by atoms with Crippen LogP contribution in [0.1, 0.15) is 51.9 Å². The molecule has 0 aliphatic heterocycles. The van der Waals surface area contributed by atoms with Crippen molar-refractivity contribution in [3.8, 4) is 0 Å². The van der Waals surface area contributed by atoms with E-state index < -0.39 is 0 Å². The van der Waals surface area contributed by atoms with Crippen LogP contribution in [0.15, 0.2) is 6.20 Å². The maximum absolute atomic E-state index is 6.12. The molecule has 122 valence electrons. The number of nitrogens with zero attached hydrogens (tertiary/aromatic N) is 3. The Balaban J connectivity index is 3.19. The second-order valence-electron chi connectivity index (χ2n) is 6.93. The van der Waals surface area contributed by atoms with Crippen molar-refractivity contribution in [1.82, 2.24) is 14.7 Å². The number of methoxy groups -OCH3 is 1. The fraction of sp³-hybridized carbons (Fsp3) is 0.812. The highest BCUT2D eigenvalue weighted by Crippen LogP contribution is 2.31. The number of aryl methyl sites for hydroxylation is 1. The lowest BCUT2D eigenvalue weighted by atomic mass is 9.87. The molecule has 5 nitrogen and oxygen atoms in total. The van der Waals surface area contributed by atoms with Crippen LogP contribution in [0.2, 0.25) is 0 Å². The number of hydrogen-bond donors (Lipinski definition) is 1. The normalized spacial score (nSPS) is 14.2. The van der Waals surface area contributed by atoms with E-state index in [1.165, 1.54) is 5.56 Å². The van der Waals surface area contributed by atoms with Crippen LogP contribution in [0.25, 0.3) is 0 Å². The minimum Gasteiger partial charge on any atom is -0.383 e. The zero-order chi connectivity index (χ0) is 16.2. The number of ether oxygens (including phenoxy) is 1. The van der Waals surface area contributed by atoms with E-state index in [1.54, 1.807) is 7.11 Å². The third-order valence-electron chi connectivity index (χ3n) is 3.77. The van der Waals surface area contributed by atoms with E-state index in [2.05, 4.69) is 50.8 Å². The first-order valence-corrected chi connectivity index (χ1v) is 7.71. The Hall–Kier alpha value is -0.910. The minimum absolute atomic E-state index is 0.00786. The predicted molar refractivity (Wildman–Crippen MR) is 87.4 cm³/mol. The lowest BCUT2D eigenvalue weighted by Gasteiger charge is -2.35. The summed E-state index contributed by atoms with van der Waals surface area (Å²) < 4.78 is 7.15. The zero-order valence-electron chi connectivity index (χ0n) is 14.7. The standard InChI is InChI=1S/C16H32N4O/c1-12(2)20(8-9-21-7)14(10-17)13-11-19(6)18-15(13)16(3,4)5/h11-12,14H,8-10,17H2,1-7H3. The van der Waals surface area contributed by atoms with Gasteiger partial charge in [0.25, 0.3) is 0 Å². The third kappa shape index (κ3) is 4.53. The quantitative estimate of drug-likeness (QED) is 0.837. The van der Waals surface area contributed by atoms with Gasteiger partial charge in [-0.25, -0.2) is 0 Å². The molecule has 1 atom stereocenters. The van der Waals surface area contributed by atoms with Crippen LogP contribution < -0.4 is 5.73 Å². The summed E-state index contributed by atoms with van der Waals surface area (Å²) >= 11 is 0. The van der Waals surface area contributed by atoms with Crippen molar-refractivity contribution < 1.29 is 4.74 Å². The average Bonchev–Trinajstić information content (AvgIpc) is 2.75. The monoisotopic (exact) mass is 296 g/mol. The van der Waals surface area contributed by atoms with Crippen molar-refractivity contribution in [2.45, 2.75) is 52.1 Å². The Kier molecular flexibility index (Phi) is 6.38. The van der Waals surface area contributed by atoms with E-state index in [0.717, 1.165) is 12.2 Å². The van der Waals surface area contributed by atoms with E-state index in [4.69, 9.17) is 10.5 Å². The van der Waals surface area contributed by atoms with Crippen LogP contribution in [0.3, 0.4) is 0 Å². The molecular formula is C16H32N4O. The van der Waals surface area contributed by atoms with Gasteiger partial charge in [-0.3, -0.25) is 9.58 Å². The van der Waals surface area contributed by atoms with Crippen LogP contribution in [0.4, 0.5) is 0 Å². The molecule has 0 fully saturated rings. The lowest BCUT2D eigenvalue weighted by molar-refractivity contribution is 0.0972. The summed E-state index contributed by atoms with van der Waals surface area (Å²) in [6.45, 7) is 13.1. The van der Waals surface area contributed by atoms with Crippen molar-refractivity contribution in [3.05, 3.63) is 17.5 Å². The molecule has 2 N–H and O–H groups in total. The minimum atomic E-state index is 0.00786. The van der Waals surface area contributed by atoms with Gasteiger partial charge in [-0.05, 0) is 13.8 Å². The van der Waals surface area contributed by atoms with Gasteiger partial charge in [-0.15, -0.1) is 0 Å². The van der Waals surface area contributed by atoms with E-state index in [0.29, 0.717) is 19.2 Å². The molecule has 0 aromatic carbocycles. The molecule has 21 heavy (non-hydrogen) atoms. The highest BCUT2D eigenvalue weighted by atomic mass is 16.5. The van der Waals surface area contributed by atoms with E-state index in [9.17, 15) is 0 Å². The zero-order valence-corrected chi connectivity index (χ0v) is 14.7. The van der Waals surface area contributed by atoms with Crippen LogP contribution in [0.5, 0.6) is 0 Å². The third-order valence-corrected chi connectivity index (χ3v) is 3.77. The maximum atomic E-state index is 6.12. The Morgan fingerprint density at radius 1 is 1.38 bits per heavy atom. The lowest BCUT2D eigenvalue weighted by Crippen LogP contribution is -2.41. The molecule has 1 rings (SSSR count). The first kappa shape index (κ1) is 18.1. The van der Waals surface area contributed by atoms with Crippen LogP contribution in [-0.4, -0.2) is 47.5 Å². The van der Waals surface area contributed by atoms with Gasteiger partial charge in [-0.1, -0.05) is 20.8 Å². The van der Waals surface area contributed by atoms with Crippen molar-refractivity contribution in [3.63, 3.8) is 0 Å². The highest BCUT2D eigenvalue weighted by Gasteiger charge is 2.30. The largest absolute Gasteiger partial charge is 0.383 e. The van der Waals surface area contributed by atoms with Crippen molar-refractivity contribution in [2.24, 2.45) is 12.8 Å². The van der Waals surface area contributed by atoms with E-state index in [1.807, 2.05) is 11.7 Å². The summed E-state index contributed by atoms with van der Waals surface area (Å²) in [6.07, 6.45) is 2.11. The van der Waals surface area contributed by atoms with Gasteiger partial charge >= 0.3 is 0 Å². The number of rotatable bonds is 7. The first-order chi connectivity index (χ1) is 9.72. The molecule has 0 saturated heterocycles. The molecular weight excluding hydrogens is 264 g/mol. The molecule has 0 saturated carbocycles. The number of hydrogen-bond acceptors (Lipinski definition) is 4. The van der Waals surface area contributed by atoms with Gasteiger partial charge in [0.2, 0.25) is 0 Å². The van der Waals surface area contributed by atoms with Gasteiger partial charge < -0.3 is 10.5 Å². The average molecular weight is 296 g/mol. The Morgan fingerprint density at radius 3 is 2.43 bits per heavy atom. The molecule has 1 unspecified atom stereocenters. The fourth-order valence-corrected chi connectivity index (χ4v) is 2.75. The van der Waals surface area contributed by atoms with Gasteiger partial charge in [0.05, 0.1) is 18.3 Å². The SMILES string of the molecule is COCCN(C(C)C)C(CN)c1cn(C)nc1C(C)(C)C. The Bertz CT molecular complexity index is 434. The Morgan fingerprint density at radius 2 is 2.00 bits per heavy atom.